The Hall–Kier alpha value is -1.76. The van der Waals surface area contributed by atoms with Crippen molar-refractivity contribution >= 4 is 21.7 Å². The SMILES string of the molecule is CCOc1cc(N(C)Cc2ncc(Br)cn2)nc(C)n1. The highest BCUT2D eigenvalue weighted by molar-refractivity contribution is 9.10. The van der Waals surface area contributed by atoms with Crippen LogP contribution < -0.4 is 9.64 Å². The molecule has 0 aliphatic heterocycles. The van der Waals surface area contributed by atoms with Gasteiger partial charge in [0.15, 0.2) is 0 Å². The Morgan fingerprint density at radius 3 is 2.60 bits per heavy atom. The zero-order valence-electron chi connectivity index (χ0n) is 11.7. The molecule has 0 aromatic carbocycles. The molecule has 7 heteroatoms. The minimum atomic E-state index is 0.565. The zero-order chi connectivity index (χ0) is 14.5. The molecule has 0 aliphatic carbocycles. The van der Waals surface area contributed by atoms with Gasteiger partial charge in [-0.3, -0.25) is 0 Å². The second-order valence-electron chi connectivity index (χ2n) is 4.22. The first-order valence-corrected chi connectivity index (χ1v) is 7.04. The summed E-state index contributed by atoms with van der Waals surface area (Å²) < 4.78 is 6.29. The van der Waals surface area contributed by atoms with Crippen molar-refractivity contribution in [3.63, 3.8) is 0 Å². The van der Waals surface area contributed by atoms with Gasteiger partial charge in [0.25, 0.3) is 0 Å². The molecule has 0 fully saturated rings. The molecule has 0 saturated carbocycles. The third-order valence-electron chi connectivity index (χ3n) is 2.54. The molecule has 0 amide bonds. The van der Waals surface area contributed by atoms with Crippen LogP contribution in [0.5, 0.6) is 5.88 Å². The maximum atomic E-state index is 5.43. The number of aromatic nitrogens is 4. The highest BCUT2D eigenvalue weighted by atomic mass is 79.9. The van der Waals surface area contributed by atoms with Crippen molar-refractivity contribution < 1.29 is 4.74 Å². The molecule has 2 aromatic rings. The largest absolute Gasteiger partial charge is 0.478 e. The van der Waals surface area contributed by atoms with Crippen LogP contribution in [0.2, 0.25) is 0 Å². The van der Waals surface area contributed by atoms with E-state index in [9.17, 15) is 0 Å². The Morgan fingerprint density at radius 1 is 1.25 bits per heavy atom. The zero-order valence-corrected chi connectivity index (χ0v) is 13.3. The van der Waals surface area contributed by atoms with Gasteiger partial charge in [-0.1, -0.05) is 0 Å². The predicted molar refractivity (Wildman–Crippen MR) is 79.8 cm³/mol. The van der Waals surface area contributed by atoms with Crippen LogP contribution in [-0.4, -0.2) is 33.6 Å². The summed E-state index contributed by atoms with van der Waals surface area (Å²) in [6.45, 7) is 4.91. The molecule has 20 heavy (non-hydrogen) atoms. The smallest absolute Gasteiger partial charge is 0.218 e. The normalized spacial score (nSPS) is 10.4. The molecule has 2 rings (SSSR count). The minimum absolute atomic E-state index is 0.565. The Morgan fingerprint density at radius 2 is 1.95 bits per heavy atom. The summed E-state index contributed by atoms with van der Waals surface area (Å²) in [5.41, 5.74) is 0. The number of halogens is 1. The molecule has 6 nitrogen and oxygen atoms in total. The third-order valence-corrected chi connectivity index (χ3v) is 2.95. The maximum absolute atomic E-state index is 5.43. The van der Waals surface area contributed by atoms with Gasteiger partial charge in [0.1, 0.15) is 17.5 Å². The number of hydrogen-bond donors (Lipinski definition) is 0. The summed E-state index contributed by atoms with van der Waals surface area (Å²) in [6, 6.07) is 1.81. The van der Waals surface area contributed by atoms with Crippen molar-refractivity contribution in [1.82, 2.24) is 19.9 Å². The summed E-state index contributed by atoms with van der Waals surface area (Å²) in [5, 5.41) is 0. The van der Waals surface area contributed by atoms with Crippen molar-refractivity contribution in [1.29, 1.82) is 0 Å². The van der Waals surface area contributed by atoms with Crippen molar-refractivity contribution in [2.75, 3.05) is 18.6 Å². The first-order valence-electron chi connectivity index (χ1n) is 6.24. The van der Waals surface area contributed by atoms with Crippen LogP contribution in [-0.2, 0) is 6.54 Å². The van der Waals surface area contributed by atoms with Crippen molar-refractivity contribution in [2.24, 2.45) is 0 Å². The number of anilines is 1. The molecule has 0 atom stereocenters. The van der Waals surface area contributed by atoms with Crippen molar-refractivity contribution in [3.8, 4) is 5.88 Å². The fourth-order valence-electron chi connectivity index (χ4n) is 1.66. The molecule has 0 aliphatic rings. The summed E-state index contributed by atoms with van der Waals surface area (Å²) >= 11 is 3.32. The Balaban J connectivity index is 2.15. The van der Waals surface area contributed by atoms with E-state index in [0.717, 1.165) is 16.1 Å². The summed E-state index contributed by atoms with van der Waals surface area (Å²) in [5.74, 6) is 2.77. The van der Waals surface area contributed by atoms with Gasteiger partial charge in [-0.15, -0.1) is 0 Å². The van der Waals surface area contributed by atoms with Gasteiger partial charge in [-0.2, -0.15) is 4.98 Å². The monoisotopic (exact) mass is 337 g/mol. The van der Waals surface area contributed by atoms with Gasteiger partial charge >= 0.3 is 0 Å². The van der Waals surface area contributed by atoms with E-state index in [-0.39, 0.29) is 0 Å². The summed E-state index contributed by atoms with van der Waals surface area (Å²) in [4.78, 5) is 19.1. The van der Waals surface area contributed by atoms with Crippen molar-refractivity contribution in [2.45, 2.75) is 20.4 Å². The molecule has 0 bridgehead atoms. The lowest BCUT2D eigenvalue weighted by Crippen LogP contribution is -2.20. The molecule has 0 spiro atoms. The van der Waals surface area contributed by atoms with Gasteiger partial charge in [0.05, 0.1) is 17.6 Å². The van der Waals surface area contributed by atoms with E-state index >= 15 is 0 Å². The fraction of sp³-hybridized carbons (Fsp3) is 0.385. The quantitative estimate of drug-likeness (QED) is 0.834. The molecule has 0 unspecified atom stereocenters. The van der Waals surface area contributed by atoms with Gasteiger partial charge in [0, 0.05) is 25.5 Å². The van der Waals surface area contributed by atoms with Crippen LogP contribution in [0.25, 0.3) is 0 Å². The van der Waals surface area contributed by atoms with Gasteiger partial charge in [-0.25, -0.2) is 15.0 Å². The average molecular weight is 338 g/mol. The second-order valence-corrected chi connectivity index (χ2v) is 5.13. The van der Waals surface area contributed by atoms with E-state index in [1.54, 1.807) is 12.4 Å². The van der Waals surface area contributed by atoms with Crippen molar-refractivity contribution in [3.05, 3.63) is 34.6 Å². The van der Waals surface area contributed by atoms with E-state index in [1.807, 2.05) is 31.9 Å². The summed E-state index contributed by atoms with van der Waals surface area (Å²) in [7, 11) is 1.93. The lowest BCUT2D eigenvalue weighted by atomic mass is 10.4. The molecule has 0 radical (unpaired) electrons. The van der Waals surface area contributed by atoms with Crippen LogP contribution >= 0.6 is 15.9 Å². The van der Waals surface area contributed by atoms with Crippen LogP contribution in [0, 0.1) is 6.92 Å². The molecule has 2 aromatic heterocycles. The van der Waals surface area contributed by atoms with Gasteiger partial charge in [0.2, 0.25) is 5.88 Å². The Bertz CT molecular complexity index is 575. The maximum Gasteiger partial charge on any atom is 0.218 e. The number of hydrogen-bond acceptors (Lipinski definition) is 6. The van der Waals surface area contributed by atoms with E-state index in [2.05, 4.69) is 35.9 Å². The summed E-state index contributed by atoms with van der Waals surface area (Å²) in [6.07, 6.45) is 3.46. The minimum Gasteiger partial charge on any atom is -0.478 e. The lowest BCUT2D eigenvalue weighted by molar-refractivity contribution is 0.325. The van der Waals surface area contributed by atoms with Crippen LogP contribution in [0.3, 0.4) is 0 Å². The number of nitrogens with zero attached hydrogens (tertiary/aromatic N) is 5. The molecular weight excluding hydrogens is 322 g/mol. The first-order chi connectivity index (χ1) is 9.58. The van der Waals surface area contributed by atoms with Gasteiger partial charge in [-0.05, 0) is 29.8 Å². The number of aryl methyl sites for hydroxylation is 1. The predicted octanol–water partition coefficient (Wildman–Crippen LogP) is 2.37. The number of ether oxygens (including phenoxy) is 1. The van der Waals surface area contributed by atoms with E-state index < -0.39 is 0 Å². The van der Waals surface area contributed by atoms with Crippen LogP contribution in [0.15, 0.2) is 22.9 Å². The highest BCUT2D eigenvalue weighted by Crippen LogP contribution is 2.17. The third kappa shape index (κ3) is 3.86. The van der Waals surface area contributed by atoms with E-state index in [0.29, 0.717) is 24.9 Å². The molecule has 2 heterocycles. The lowest BCUT2D eigenvalue weighted by Gasteiger charge is -2.18. The molecular formula is C13H16BrN5O. The molecule has 0 saturated heterocycles. The Labute approximate surface area is 126 Å². The Kier molecular flexibility index (Phi) is 4.84. The highest BCUT2D eigenvalue weighted by Gasteiger charge is 2.09. The second kappa shape index (κ2) is 6.60. The molecule has 106 valence electrons. The van der Waals surface area contributed by atoms with Gasteiger partial charge < -0.3 is 9.64 Å². The topological polar surface area (TPSA) is 64.0 Å². The van der Waals surface area contributed by atoms with Crippen LogP contribution in [0.1, 0.15) is 18.6 Å². The molecule has 0 N–H and O–H groups in total. The van der Waals surface area contributed by atoms with E-state index in [4.69, 9.17) is 4.74 Å². The first kappa shape index (κ1) is 14.6. The van der Waals surface area contributed by atoms with Crippen LogP contribution in [0.4, 0.5) is 5.82 Å². The average Bonchev–Trinajstić information content (AvgIpc) is 2.41. The number of rotatable bonds is 5. The standard InChI is InChI=1S/C13H16BrN5O/c1-4-20-13-5-12(17-9(2)18-13)19(3)8-11-15-6-10(14)7-16-11/h5-7H,4,8H2,1-3H3. The van der Waals surface area contributed by atoms with E-state index in [1.165, 1.54) is 0 Å². The fourth-order valence-corrected chi connectivity index (χ4v) is 1.86.